The number of carboxylic acids is 7. The monoisotopic (exact) mass is 1540 g/mol. The molecular formula is C60H88N18O30. The fourth-order valence-electron chi connectivity index (χ4n) is 9.16. The predicted molar refractivity (Wildman–Crippen MR) is 358 cm³/mol. The molecule has 0 aliphatic rings. The van der Waals surface area contributed by atoms with Crippen molar-refractivity contribution in [1.82, 2.24) is 74.4 Å². The first-order chi connectivity index (χ1) is 50.4. The maximum atomic E-state index is 13.8. The number of primary amides is 1. The average molecular weight is 1540 g/mol. The van der Waals surface area contributed by atoms with E-state index in [0.717, 1.165) is 6.92 Å². The standard InChI is InChI=1S/C60H88N18O30/c1-24(2)46(78-48(96)27(61)10-7-13-65-60(63)64)58(106)74-34(19-44(91)92)55(103)77-36(22-79)56(104)67-25(3)47(95)70-32(17-42(87)88)53(101)69-28(11-12-40(83)84)50(98)76-37(23-80)57(105)71-30(15-38(62)81)52(100)73-33(18-43(89)90)54(102)72-31(16-41(85)86)49(97)66-21-39(82)68-29(14-26-8-5-4-6-9-26)51(99)75-35(59(107)108)20-45(93)94/h4-6,8-9,24-25,27-37,46,79-80H,7,10-23,61H2,1-3H3,(H2,62,81)(H,66,97)(H,67,104)(H,68,82)(H,69,101)(H,70,95)(H,71,105)(H,72,102)(H,73,100)(H,74,106)(H,75,99)(H,76,98)(H,77,103)(H,78,96)(H,83,84)(H,85,86)(H,87,88)(H,89,90)(H,91,92)(H,93,94)(H,107,108)(H4,63,64,65)/t25-,27-,28-,29-,30-,31-,32-,33-,34-,35-,36-,37-,46-/m0/s1. The number of hydrogen-bond donors (Lipinski definition) is 27. The van der Waals surface area contributed by atoms with Gasteiger partial charge in [-0.2, -0.15) is 0 Å². The van der Waals surface area contributed by atoms with E-state index in [-0.39, 0.29) is 31.8 Å². The van der Waals surface area contributed by atoms with E-state index in [1.165, 1.54) is 38.1 Å². The third-order valence-electron chi connectivity index (χ3n) is 14.7. The van der Waals surface area contributed by atoms with Crippen molar-refractivity contribution in [2.24, 2.45) is 23.1 Å². The van der Waals surface area contributed by atoms with Crippen molar-refractivity contribution in [3.8, 4) is 0 Å². The van der Waals surface area contributed by atoms with Crippen molar-refractivity contribution in [1.29, 1.82) is 5.41 Å². The molecular weight excluding hydrogens is 1450 g/mol. The lowest BCUT2D eigenvalue weighted by Gasteiger charge is -2.27. The van der Waals surface area contributed by atoms with E-state index >= 15 is 0 Å². The van der Waals surface area contributed by atoms with Gasteiger partial charge in [0.05, 0.1) is 64.3 Å². The lowest BCUT2D eigenvalue weighted by atomic mass is 10.0. The first-order valence-electron chi connectivity index (χ1n) is 32.2. The summed E-state index contributed by atoms with van der Waals surface area (Å²) in [6, 6.07) is -18.2. The quantitative estimate of drug-likeness (QED) is 0.0164. The Kier molecular flexibility index (Phi) is 40.5. The van der Waals surface area contributed by atoms with Gasteiger partial charge < -0.3 is 138 Å². The van der Waals surface area contributed by atoms with Crippen LogP contribution in [0.4, 0.5) is 0 Å². The van der Waals surface area contributed by atoms with Crippen LogP contribution < -0.4 is 91.6 Å². The van der Waals surface area contributed by atoms with Gasteiger partial charge in [0.1, 0.15) is 72.5 Å². The Morgan fingerprint density at radius 1 is 0.389 bits per heavy atom. The number of benzene rings is 1. The molecule has 0 radical (unpaired) electrons. The van der Waals surface area contributed by atoms with Gasteiger partial charge in [0.25, 0.3) is 0 Å². The van der Waals surface area contributed by atoms with Crippen LogP contribution in [0.15, 0.2) is 30.3 Å². The van der Waals surface area contributed by atoms with Gasteiger partial charge >= 0.3 is 41.8 Å². The summed E-state index contributed by atoms with van der Waals surface area (Å²) in [7, 11) is 0. The zero-order chi connectivity index (χ0) is 82.4. The summed E-state index contributed by atoms with van der Waals surface area (Å²) in [5.74, 6) is -32.9. The largest absolute Gasteiger partial charge is 0.481 e. The van der Waals surface area contributed by atoms with Crippen LogP contribution in [0.25, 0.3) is 0 Å². The molecule has 0 heterocycles. The molecule has 1 aromatic carbocycles. The molecule has 13 atom stereocenters. The number of nitrogens with two attached hydrogens (primary N) is 3. The molecule has 48 nitrogen and oxygen atoms in total. The second-order valence-electron chi connectivity index (χ2n) is 23.9. The Bertz CT molecular complexity index is 3490. The second-order valence-corrected chi connectivity index (χ2v) is 23.9. The SMILES string of the molecule is CC(C)[C@H](NC(=O)[C@@H](N)CCCNC(=N)N)C(=O)N[C@@H](CC(=O)O)C(=O)N[C@@H](CO)C(=O)N[C@@H](C)C(=O)N[C@@H](CC(=O)O)C(=O)N[C@@H](CCC(=O)O)C(=O)N[C@@H](CO)C(=O)N[C@@H](CC(N)=O)C(=O)N[C@@H](CC(=O)O)C(=O)N[C@@H](CC(=O)O)C(=O)NCC(=O)N[C@@H](Cc1ccccc1)C(=O)N[C@@H](CC(=O)O)C(=O)O. The molecule has 0 aliphatic heterocycles. The zero-order valence-electron chi connectivity index (χ0n) is 57.9. The molecule has 0 aliphatic carbocycles. The summed E-state index contributed by atoms with van der Waals surface area (Å²) in [5.41, 5.74) is 16.8. The summed E-state index contributed by atoms with van der Waals surface area (Å²) in [4.78, 5) is 269. The lowest BCUT2D eigenvalue weighted by molar-refractivity contribution is -0.147. The smallest absolute Gasteiger partial charge is 0.326 e. The Morgan fingerprint density at radius 3 is 1.18 bits per heavy atom. The number of carbonyl (C=O) groups is 21. The number of hydrogen-bond acceptors (Lipinski definition) is 25. The van der Waals surface area contributed by atoms with Crippen molar-refractivity contribution >= 4 is 130 Å². The van der Waals surface area contributed by atoms with Crippen LogP contribution in [0.3, 0.4) is 0 Å². The number of rotatable bonds is 51. The lowest BCUT2D eigenvalue weighted by Crippen LogP contribution is -2.61. The van der Waals surface area contributed by atoms with Gasteiger partial charge in [-0.3, -0.25) is 101 Å². The number of carboxylic acid groups (broad SMARTS) is 7. The Hall–Kier alpha value is -12.8. The molecule has 0 spiro atoms. The molecule has 0 bridgehead atoms. The third-order valence-corrected chi connectivity index (χ3v) is 14.7. The van der Waals surface area contributed by atoms with Crippen molar-refractivity contribution < 1.29 is 147 Å². The number of amides is 14. The Balaban J connectivity index is 3.37. The Labute approximate surface area is 610 Å². The van der Waals surface area contributed by atoms with Crippen LogP contribution in [0, 0.1) is 11.3 Å². The predicted octanol–water partition coefficient (Wildman–Crippen LogP) is -12.4. The first-order valence-corrected chi connectivity index (χ1v) is 32.2. The van der Waals surface area contributed by atoms with Gasteiger partial charge in [-0.15, -0.1) is 0 Å². The summed E-state index contributed by atoms with van der Waals surface area (Å²) in [6.07, 6.45) is -9.53. The molecule has 0 saturated carbocycles. The fourth-order valence-corrected chi connectivity index (χ4v) is 9.16. The van der Waals surface area contributed by atoms with E-state index in [1.807, 2.05) is 53.2 Å². The zero-order valence-corrected chi connectivity index (χ0v) is 57.9. The topological polar surface area (TPSA) is 811 Å². The highest BCUT2D eigenvalue weighted by molar-refractivity contribution is 6.02. The first kappa shape index (κ1) is 93.3. The van der Waals surface area contributed by atoms with E-state index < -0.39 is 280 Å². The molecule has 0 unspecified atom stereocenters. The van der Waals surface area contributed by atoms with Crippen LogP contribution in [0.5, 0.6) is 0 Å². The van der Waals surface area contributed by atoms with Crippen LogP contribution >= 0.6 is 0 Å². The molecule has 0 fully saturated rings. The van der Waals surface area contributed by atoms with Crippen LogP contribution in [0.1, 0.15) is 90.5 Å². The molecule has 1 aromatic rings. The number of carbonyl (C=O) groups excluding carboxylic acids is 14. The molecule has 14 amide bonds. The average Bonchev–Trinajstić information content (AvgIpc) is 0.901. The van der Waals surface area contributed by atoms with Crippen LogP contribution in [0.2, 0.25) is 0 Å². The van der Waals surface area contributed by atoms with E-state index in [2.05, 4.69) is 21.3 Å². The van der Waals surface area contributed by atoms with Gasteiger partial charge in [0.2, 0.25) is 82.7 Å². The maximum Gasteiger partial charge on any atom is 0.326 e. The Morgan fingerprint density at radius 2 is 0.759 bits per heavy atom. The van der Waals surface area contributed by atoms with E-state index in [1.54, 1.807) is 6.07 Å². The van der Waals surface area contributed by atoms with Gasteiger partial charge in [0, 0.05) is 19.4 Å². The fraction of sp³-hybridized carbons (Fsp3) is 0.533. The number of aliphatic hydroxyl groups excluding tert-OH is 2. The number of guanidine groups is 1. The molecule has 0 aromatic heterocycles. The van der Waals surface area contributed by atoms with Crippen molar-refractivity contribution in [2.75, 3.05) is 26.3 Å². The molecule has 1 rings (SSSR count). The highest BCUT2D eigenvalue weighted by Gasteiger charge is 2.39. The van der Waals surface area contributed by atoms with Gasteiger partial charge in [-0.25, -0.2) is 4.79 Å². The molecule has 48 heteroatoms. The van der Waals surface area contributed by atoms with Crippen LogP contribution in [-0.2, 0) is 107 Å². The summed E-state index contributed by atoms with van der Waals surface area (Å²) in [5, 5.41) is 123. The van der Waals surface area contributed by atoms with Crippen molar-refractivity contribution in [3.63, 3.8) is 0 Å². The minimum Gasteiger partial charge on any atom is -0.481 e. The minimum atomic E-state index is -2.37. The molecule has 108 heavy (non-hydrogen) atoms. The van der Waals surface area contributed by atoms with E-state index in [9.17, 15) is 142 Å². The maximum absolute atomic E-state index is 13.8. The number of nitrogens with one attached hydrogen (secondary N) is 15. The molecule has 598 valence electrons. The van der Waals surface area contributed by atoms with Gasteiger partial charge in [0.15, 0.2) is 5.96 Å². The van der Waals surface area contributed by atoms with E-state index in [0.29, 0.717) is 5.56 Å². The van der Waals surface area contributed by atoms with Gasteiger partial charge in [-0.1, -0.05) is 44.2 Å². The molecule has 30 N–H and O–H groups in total. The summed E-state index contributed by atoms with van der Waals surface area (Å²) >= 11 is 0. The minimum absolute atomic E-state index is 0.0540. The highest BCUT2D eigenvalue weighted by atomic mass is 16.4. The van der Waals surface area contributed by atoms with Crippen molar-refractivity contribution in [2.45, 2.75) is 170 Å². The highest BCUT2D eigenvalue weighted by Crippen LogP contribution is 2.11. The number of aliphatic hydroxyl groups is 2. The van der Waals surface area contributed by atoms with Crippen molar-refractivity contribution in [3.05, 3.63) is 35.9 Å². The van der Waals surface area contributed by atoms with Gasteiger partial charge in [-0.05, 0) is 37.7 Å². The third kappa shape index (κ3) is 36.1. The molecule has 0 saturated heterocycles. The number of aliphatic carboxylic acids is 7. The summed E-state index contributed by atoms with van der Waals surface area (Å²) < 4.78 is 0. The van der Waals surface area contributed by atoms with Crippen LogP contribution in [-0.4, -0.2) is 281 Å². The summed E-state index contributed by atoms with van der Waals surface area (Å²) in [6.45, 7) is 0.180. The van der Waals surface area contributed by atoms with E-state index in [4.69, 9.17) is 27.7 Å². The normalized spacial score (nSPS) is 14.4. The second kappa shape index (κ2) is 46.9.